The number of ether oxygens (including phenoxy) is 1. The summed E-state index contributed by atoms with van der Waals surface area (Å²) in [4.78, 5) is 31.8. The fourth-order valence-electron chi connectivity index (χ4n) is 3.58. The van der Waals surface area contributed by atoms with Gasteiger partial charge in [0, 0.05) is 18.7 Å². The third kappa shape index (κ3) is 2.16. The average Bonchev–Trinajstić information content (AvgIpc) is 2.55. The highest BCUT2D eigenvalue weighted by molar-refractivity contribution is 6.05. The second-order valence-corrected chi connectivity index (χ2v) is 6.34. The van der Waals surface area contributed by atoms with Crippen LogP contribution in [0, 0.1) is 6.92 Å². The van der Waals surface area contributed by atoms with Crippen molar-refractivity contribution >= 4 is 22.6 Å². The quantitative estimate of drug-likeness (QED) is 0.747. The van der Waals surface area contributed by atoms with E-state index >= 15 is 0 Å². The largest absolute Gasteiger partial charge is 0.377 e. The van der Waals surface area contributed by atoms with Crippen LogP contribution in [0.1, 0.15) is 29.3 Å². The minimum Gasteiger partial charge on any atom is -0.377 e. The van der Waals surface area contributed by atoms with E-state index in [1.54, 1.807) is 4.57 Å². The minimum atomic E-state index is -0.0649. The molecule has 0 amide bonds. The molecular formula is C17H19N3O3. The number of morpholine rings is 1. The van der Waals surface area contributed by atoms with E-state index in [0.717, 1.165) is 18.5 Å². The van der Waals surface area contributed by atoms with E-state index in [1.165, 1.54) is 6.92 Å². The van der Waals surface area contributed by atoms with Crippen molar-refractivity contribution in [2.75, 3.05) is 24.7 Å². The summed E-state index contributed by atoms with van der Waals surface area (Å²) in [6.45, 7) is 6.09. The standard InChI is InChI=1S/C17H19N3O3/c1-10-7-13(11(2)21)15-14(8-10)16(22)20-4-3-12-9-23-6-5-19(12)17(20)18-15/h7-8,12H,3-6,9H2,1-2H3. The second kappa shape index (κ2) is 5.16. The van der Waals surface area contributed by atoms with Crippen molar-refractivity contribution in [3.8, 4) is 0 Å². The van der Waals surface area contributed by atoms with Gasteiger partial charge in [0.1, 0.15) is 0 Å². The Morgan fingerprint density at radius 2 is 2.17 bits per heavy atom. The zero-order chi connectivity index (χ0) is 16.1. The fourth-order valence-corrected chi connectivity index (χ4v) is 3.58. The van der Waals surface area contributed by atoms with E-state index in [-0.39, 0.29) is 17.4 Å². The molecule has 120 valence electrons. The Balaban J connectivity index is 2.02. The highest BCUT2D eigenvalue weighted by Gasteiger charge is 2.31. The van der Waals surface area contributed by atoms with Crippen LogP contribution in [0.4, 0.5) is 5.95 Å². The highest BCUT2D eigenvalue weighted by atomic mass is 16.5. The van der Waals surface area contributed by atoms with Crippen molar-refractivity contribution in [2.24, 2.45) is 0 Å². The minimum absolute atomic E-state index is 0.0545. The lowest BCUT2D eigenvalue weighted by Crippen LogP contribution is -2.52. The van der Waals surface area contributed by atoms with Gasteiger partial charge in [0.25, 0.3) is 5.56 Å². The van der Waals surface area contributed by atoms with E-state index in [1.807, 2.05) is 19.1 Å². The van der Waals surface area contributed by atoms with Crippen molar-refractivity contribution in [1.29, 1.82) is 0 Å². The summed E-state index contributed by atoms with van der Waals surface area (Å²) < 4.78 is 7.28. The number of benzene rings is 1. The van der Waals surface area contributed by atoms with Crippen LogP contribution in [0.3, 0.4) is 0 Å². The molecule has 0 saturated carbocycles. The number of nitrogens with zero attached hydrogens (tertiary/aromatic N) is 3. The first-order valence-electron chi connectivity index (χ1n) is 7.97. The topological polar surface area (TPSA) is 64.4 Å². The smallest absolute Gasteiger partial charge is 0.262 e. The van der Waals surface area contributed by atoms with Crippen molar-refractivity contribution in [3.05, 3.63) is 33.6 Å². The zero-order valence-electron chi connectivity index (χ0n) is 13.3. The van der Waals surface area contributed by atoms with Gasteiger partial charge in [-0.2, -0.15) is 0 Å². The Hall–Kier alpha value is -2.21. The average molecular weight is 313 g/mol. The van der Waals surface area contributed by atoms with Gasteiger partial charge in [0.15, 0.2) is 5.78 Å². The molecule has 6 heteroatoms. The van der Waals surface area contributed by atoms with Crippen LogP contribution in [0.25, 0.3) is 10.9 Å². The Bertz CT molecular complexity index is 871. The number of rotatable bonds is 1. The number of carbonyl (C=O) groups is 1. The Kier molecular flexibility index (Phi) is 3.23. The van der Waals surface area contributed by atoms with Crippen LogP contribution in [0.15, 0.2) is 16.9 Å². The number of ketones is 1. The molecule has 1 unspecified atom stereocenters. The summed E-state index contributed by atoms with van der Waals surface area (Å²) in [5.41, 5.74) is 1.89. The lowest BCUT2D eigenvalue weighted by Gasteiger charge is -2.41. The normalized spacial score (nSPS) is 20.3. The van der Waals surface area contributed by atoms with E-state index in [9.17, 15) is 9.59 Å². The Morgan fingerprint density at radius 3 is 2.96 bits per heavy atom. The summed E-state index contributed by atoms with van der Waals surface area (Å²) in [6.07, 6.45) is 0.880. The summed E-state index contributed by atoms with van der Waals surface area (Å²) >= 11 is 0. The number of Topliss-reactive ketones (excluding diaryl/α,β-unsaturated/α-hetero) is 1. The lowest BCUT2D eigenvalue weighted by molar-refractivity contribution is 0.0844. The number of anilines is 1. The van der Waals surface area contributed by atoms with Crippen LogP contribution in [0.2, 0.25) is 0 Å². The van der Waals surface area contributed by atoms with Gasteiger partial charge in [-0.1, -0.05) is 0 Å². The first kappa shape index (κ1) is 14.4. The number of hydrogen-bond donors (Lipinski definition) is 0. The predicted octanol–water partition coefficient (Wildman–Crippen LogP) is 1.52. The first-order valence-corrected chi connectivity index (χ1v) is 7.97. The van der Waals surface area contributed by atoms with Crippen LogP contribution >= 0.6 is 0 Å². The van der Waals surface area contributed by atoms with Crippen molar-refractivity contribution in [3.63, 3.8) is 0 Å². The van der Waals surface area contributed by atoms with E-state index in [0.29, 0.717) is 42.2 Å². The zero-order valence-corrected chi connectivity index (χ0v) is 13.3. The monoisotopic (exact) mass is 313 g/mol. The molecule has 0 bridgehead atoms. The van der Waals surface area contributed by atoms with Crippen LogP contribution in [-0.2, 0) is 11.3 Å². The molecule has 0 N–H and O–H groups in total. The molecule has 2 aromatic rings. The second-order valence-electron chi connectivity index (χ2n) is 6.34. The fraction of sp³-hybridized carbons (Fsp3) is 0.471. The number of aryl methyl sites for hydroxylation is 1. The Morgan fingerprint density at radius 1 is 1.35 bits per heavy atom. The van der Waals surface area contributed by atoms with Crippen molar-refractivity contribution in [2.45, 2.75) is 32.9 Å². The maximum atomic E-state index is 12.9. The molecule has 23 heavy (non-hydrogen) atoms. The number of fused-ring (bicyclic) bond motifs is 4. The SMILES string of the molecule is CC(=O)c1cc(C)cc2c(=O)n3c(nc12)N1CCOCC1CC3. The summed E-state index contributed by atoms with van der Waals surface area (Å²) in [7, 11) is 0. The van der Waals surface area contributed by atoms with Gasteiger partial charge in [-0.25, -0.2) is 4.98 Å². The van der Waals surface area contributed by atoms with Crippen molar-refractivity contribution in [1.82, 2.24) is 9.55 Å². The maximum absolute atomic E-state index is 12.9. The number of carbonyl (C=O) groups excluding carboxylic acids is 1. The molecule has 1 saturated heterocycles. The van der Waals surface area contributed by atoms with Gasteiger partial charge in [-0.05, 0) is 38.0 Å². The maximum Gasteiger partial charge on any atom is 0.262 e. The molecule has 2 aliphatic rings. The Labute approximate surface area is 133 Å². The third-order valence-electron chi connectivity index (χ3n) is 4.73. The molecule has 3 heterocycles. The molecular weight excluding hydrogens is 294 g/mol. The molecule has 1 aromatic heterocycles. The first-order chi connectivity index (χ1) is 11.1. The summed E-state index contributed by atoms with van der Waals surface area (Å²) in [5, 5.41) is 0.533. The molecule has 0 radical (unpaired) electrons. The highest BCUT2D eigenvalue weighted by Crippen LogP contribution is 2.27. The molecule has 0 aliphatic carbocycles. The van der Waals surface area contributed by atoms with E-state index in [4.69, 9.17) is 9.72 Å². The van der Waals surface area contributed by atoms with E-state index < -0.39 is 0 Å². The summed E-state index contributed by atoms with van der Waals surface area (Å²) in [5.74, 6) is 0.610. The van der Waals surface area contributed by atoms with Crippen molar-refractivity contribution < 1.29 is 9.53 Å². The predicted molar refractivity (Wildman–Crippen MR) is 87.3 cm³/mol. The van der Waals surface area contributed by atoms with Gasteiger partial charge in [-0.3, -0.25) is 14.2 Å². The number of aromatic nitrogens is 2. The lowest BCUT2D eigenvalue weighted by atomic mass is 10.0. The van der Waals surface area contributed by atoms with Gasteiger partial charge >= 0.3 is 0 Å². The molecule has 1 fully saturated rings. The van der Waals surface area contributed by atoms with Gasteiger partial charge in [-0.15, -0.1) is 0 Å². The number of hydrogen-bond acceptors (Lipinski definition) is 5. The molecule has 1 atom stereocenters. The van der Waals surface area contributed by atoms with E-state index in [2.05, 4.69) is 4.90 Å². The van der Waals surface area contributed by atoms with Crippen LogP contribution in [-0.4, -0.2) is 41.1 Å². The van der Waals surface area contributed by atoms with Crippen LogP contribution in [0.5, 0.6) is 0 Å². The molecule has 6 nitrogen and oxygen atoms in total. The third-order valence-corrected chi connectivity index (χ3v) is 4.73. The molecule has 2 aliphatic heterocycles. The van der Waals surface area contributed by atoms with Gasteiger partial charge in [0.2, 0.25) is 5.95 Å². The summed E-state index contributed by atoms with van der Waals surface area (Å²) in [6, 6.07) is 3.91. The molecule has 0 spiro atoms. The molecule has 1 aromatic carbocycles. The molecule has 4 rings (SSSR count). The van der Waals surface area contributed by atoms with Gasteiger partial charge < -0.3 is 9.64 Å². The van der Waals surface area contributed by atoms with Gasteiger partial charge in [0.05, 0.1) is 30.2 Å². The van der Waals surface area contributed by atoms with Crippen LogP contribution < -0.4 is 10.5 Å².